The third kappa shape index (κ3) is 4.81. The number of hydrogen-bond acceptors (Lipinski definition) is 4. The van der Waals surface area contributed by atoms with Crippen LogP contribution in [0.15, 0.2) is 12.1 Å². The first-order valence-electron chi connectivity index (χ1n) is 8.54. The molecule has 0 radical (unpaired) electrons. The van der Waals surface area contributed by atoms with Crippen LogP contribution in [0.25, 0.3) is 0 Å². The van der Waals surface area contributed by atoms with Gasteiger partial charge >= 0.3 is 6.09 Å². The van der Waals surface area contributed by atoms with Crippen LogP contribution in [0, 0.1) is 11.6 Å². The van der Waals surface area contributed by atoms with Crippen LogP contribution in [-0.4, -0.2) is 49.3 Å². The molecule has 1 saturated heterocycles. The summed E-state index contributed by atoms with van der Waals surface area (Å²) in [6, 6.07) is 2.45. The lowest BCUT2D eigenvalue weighted by Crippen LogP contribution is -2.50. The third-order valence-corrected chi connectivity index (χ3v) is 4.22. The van der Waals surface area contributed by atoms with Gasteiger partial charge in [0, 0.05) is 32.2 Å². The molecule has 1 aliphatic heterocycles. The predicted molar refractivity (Wildman–Crippen MR) is 93.8 cm³/mol. The van der Waals surface area contributed by atoms with Gasteiger partial charge in [-0.05, 0) is 44.9 Å². The number of amides is 1. The standard InChI is InChI=1S/C18H27F2N3O2/c1-12(11-21)13-9-15(20)16(10-14(13)19)22-5-7-23(8-6-22)17(24)25-18(2,3)4/h9-10,12H,5-8,11,21H2,1-4H3. The topological polar surface area (TPSA) is 58.8 Å². The van der Waals surface area contributed by atoms with Gasteiger partial charge in [-0.2, -0.15) is 0 Å². The Morgan fingerprint density at radius 3 is 2.32 bits per heavy atom. The number of ether oxygens (including phenoxy) is 1. The van der Waals surface area contributed by atoms with Crippen molar-refractivity contribution in [3.63, 3.8) is 0 Å². The van der Waals surface area contributed by atoms with E-state index in [1.807, 2.05) is 20.8 Å². The molecule has 0 aromatic heterocycles. The largest absolute Gasteiger partial charge is 0.444 e. The smallest absolute Gasteiger partial charge is 0.410 e. The Bertz CT molecular complexity index is 623. The summed E-state index contributed by atoms with van der Waals surface area (Å²) in [4.78, 5) is 15.4. The van der Waals surface area contributed by atoms with Crippen molar-refractivity contribution in [2.45, 2.75) is 39.2 Å². The lowest BCUT2D eigenvalue weighted by Gasteiger charge is -2.37. The van der Waals surface area contributed by atoms with Crippen molar-refractivity contribution in [3.8, 4) is 0 Å². The fourth-order valence-electron chi connectivity index (χ4n) is 2.76. The van der Waals surface area contributed by atoms with Crippen molar-refractivity contribution in [2.24, 2.45) is 5.73 Å². The van der Waals surface area contributed by atoms with Crippen molar-refractivity contribution in [1.82, 2.24) is 4.90 Å². The second-order valence-corrected chi connectivity index (χ2v) is 7.42. The Morgan fingerprint density at radius 1 is 1.20 bits per heavy atom. The van der Waals surface area contributed by atoms with Gasteiger partial charge in [0.25, 0.3) is 0 Å². The van der Waals surface area contributed by atoms with Crippen molar-refractivity contribution in [2.75, 3.05) is 37.6 Å². The van der Waals surface area contributed by atoms with Crippen molar-refractivity contribution in [1.29, 1.82) is 0 Å². The third-order valence-electron chi connectivity index (χ3n) is 4.22. The maximum atomic E-state index is 14.4. The van der Waals surface area contributed by atoms with Crippen LogP contribution in [0.2, 0.25) is 0 Å². The minimum atomic E-state index is -0.557. The number of carbonyl (C=O) groups is 1. The highest BCUT2D eigenvalue weighted by Gasteiger charge is 2.27. The van der Waals surface area contributed by atoms with Gasteiger partial charge < -0.3 is 20.3 Å². The summed E-state index contributed by atoms with van der Waals surface area (Å²) in [5, 5.41) is 0. The van der Waals surface area contributed by atoms with Crippen molar-refractivity contribution >= 4 is 11.8 Å². The van der Waals surface area contributed by atoms with E-state index >= 15 is 0 Å². The molecule has 7 heteroatoms. The molecular weight excluding hydrogens is 328 g/mol. The van der Waals surface area contributed by atoms with E-state index in [9.17, 15) is 13.6 Å². The molecular formula is C18H27F2N3O2. The lowest BCUT2D eigenvalue weighted by atomic mass is 10.00. The second-order valence-electron chi connectivity index (χ2n) is 7.42. The van der Waals surface area contributed by atoms with Gasteiger partial charge in [-0.25, -0.2) is 13.6 Å². The fourth-order valence-corrected chi connectivity index (χ4v) is 2.76. The van der Waals surface area contributed by atoms with Crippen LogP contribution in [-0.2, 0) is 4.74 Å². The van der Waals surface area contributed by atoms with E-state index in [2.05, 4.69) is 0 Å². The van der Waals surface area contributed by atoms with E-state index in [4.69, 9.17) is 10.5 Å². The number of rotatable bonds is 3. The summed E-state index contributed by atoms with van der Waals surface area (Å²) < 4.78 is 34.1. The van der Waals surface area contributed by atoms with Gasteiger partial charge in [0.2, 0.25) is 0 Å². The van der Waals surface area contributed by atoms with Crippen LogP contribution >= 0.6 is 0 Å². The molecule has 2 rings (SSSR count). The predicted octanol–water partition coefficient (Wildman–Crippen LogP) is 3.08. The molecule has 0 aliphatic carbocycles. The Labute approximate surface area is 147 Å². The van der Waals surface area contributed by atoms with Gasteiger partial charge in [-0.3, -0.25) is 0 Å². The zero-order chi connectivity index (χ0) is 18.8. The van der Waals surface area contributed by atoms with E-state index in [-0.39, 0.29) is 29.8 Å². The summed E-state index contributed by atoms with van der Waals surface area (Å²) in [5.41, 5.74) is 5.49. The summed E-state index contributed by atoms with van der Waals surface area (Å²) in [6.07, 6.45) is -0.383. The van der Waals surface area contributed by atoms with Crippen LogP contribution in [0.3, 0.4) is 0 Å². The zero-order valence-corrected chi connectivity index (χ0v) is 15.3. The first-order valence-corrected chi connectivity index (χ1v) is 8.54. The van der Waals surface area contributed by atoms with Gasteiger partial charge in [0.05, 0.1) is 5.69 Å². The Kier molecular flexibility index (Phi) is 5.87. The molecule has 1 aliphatic rings. The SMILES string of the molecule is CC(CN)c1cc(F)c(N2CCN(C(=O)OC(C)(C)C)CC2)cc1F. The molecule has 0 spiro atoms. The Hall–Kier alpha value is -1.89. The zero-order valence-electron chi connectivity index (χ0n) is 15.3. The number of nitrogens with zero attached hydrogens (tertiary/aromatic N) is 2. The fraction of sp³-hybridized carbons (Fsp3) is 0.611. The highest BCUT2D eigenvalue weighted by molar-refractivity contribution is 5.68. The Morgan fingerprint density at radius 2 is 1.80 bits per heavy atom. The van der Waals surface area contributed by atoms with Crippen LogP contribution in [0.4, 0.5) is 19.3 Å². The number of benzene rings is 1. The van der Waals surface area contributed by atoms with Crippen molar-refractivity contribution < 1.29 is 18.3 Å². The molecule has 1 unspecified atom stereocenters. The number of piperazine rings is 1. The normalized spacial score (nSPS) is 16.8. The molecule has 2 N–H and O–H groups in total. The number of carbonyl (C=O) groups excluding carboxylic acids is 1. The minimum absolute atomic E-state index is 0.217. The monoisotopic (exact) mass is 355 g/mol. The van der Waals surface area contributed by atoms with Crippen LogP contribution in [0.5, 0.6) is 0 Å². The first-order chi connectivity index (χ1) is 11.6. The number of hydrogen-bond donors (Lipinski definition) is 1. The molecule has 1 fully saturated rings. The molecule has 1 amide bonds. The number of anilines is 1. The number of halogens is 2. The van der Waals surface area contributed by atoms with E-state index in [1.165, 1.54) is 12.1 Å². The highest BCUT2D eigenvalue weighted by atomic mass is 19.1. The van der Waals surface area contributed by atoms with Crippen molar-refractivity contribution in [3.05, 3.63) is 29.3 Å². The summed E-state index contributed by atoms with van der Waals surface area (Å²) >= 11 is 0. The van der Waals surface area contributed by atoms with Crippen LogP contribution in [0.1, 0.15) is 39.2 Å². The Balaban J connectivity index is 2.06. The van der Waals surface area contributed by atoms with E-state index in [0.717, 1.165) is 0 Å². The maximum Gasteiger partial charge on any atom is 0.410 e. The van der Waals surface area contributed by atoms with E-state index in [0.29, 0.717) is 26.2 Å². The first kappa shape index (κ1) is 19.4. The van der Waals surface area contributed by atoms with Gasteiger partial charge in [0.1, 0.15) is 17.2 Å². The molecule has 1 aromatic carbocycles. The highest BCUT2D eigenvalue weighted by Crippen LogP contribution is 2.28. The summed E-state index contributed by atoms with van der Waals surface area (Å²) in [6.45, 7) is 9.08. The average Bonchev–Trinajstić information content (AvgIpc) is 2.54. The van der Waals surface area contributed by atoms with Gasteiger partial charge in [-0.15, -0.1) is 0 Å². The van der Waals surface area contributed by atoms with E-state index in [1.54, 1.807) is 16.7 Å². The average molecular weight is 355 g/mol. The molecule has 1 atom stereocenters. The summed E-state index contributed by atoms with van der Waals surface area (Å²) in [5.74, 6) is -1.17. The van der Waals surface area contributed by atoms with E-state index < -0.39 is 17.2 Å². The van der Waals surface area contributed by atoms with Crippen LogP contribution < -0.4 is 10.6 Å². The molecule has 5 nitrogen and oxygen atoms in total. The van der Waals surface area contributed by atoms with Gasteiger partial charge in [0.15, 0.2) is 0 Å². The molecule has 0 bridgehead atoms. The quantitative estimate of drug-likeness (QED) is 0.905. The lowest BCUT2D eigenvalue weighted by molar-refractivity contribution is 0.0240. The second kappa shape index (κ2) is 7.56. The molecule has 0 saturated carbocycles. The van der Waals surface area contributed by atoms with Gasteiger partial charge in [-0.1, -0.05) is 6.92 Å². The molecule has 140 valence electrons. The maximum absolute atomic E-state index is 14.4. The summed E-state index contributed by atoms with van der Waals surface area (Å²) in [7, 11) is 0. The molecule has 25 heavy (non-hydrogen) atoms. The minimum Gasteiger partial charge on any atom is -0.444 e. The number of nitrogens with two attached hydrogens (primary N) is 1. The molecule has 1 heterocycles. The molecule has 1 aromatic rings.